The first-order valence-electron chi connectivity index (χ1n) is 14.9. The first-order chi connectivity index (χ1) is 17.7. The minimum absolute atomic E-state index is 0.0132. The molecule has 37 heavy (non-hydrogen) atoms. The third-order valence-electron chi connectivity index (χ3n) is 7.91. The van der Waals surface area contributed by atoms with Crippen LogP contribution in [0.3, 0.4) is 0 Å². The molecule has 0 saturated carbocycles. The normalized spacial score (nSPS) is 13.4. The van der Waals surface area contributed by atoms with Crippen LogP contribution in [-0.2, 0) is 4.43 Å². The Morgan fingerprint density at radius 3 is 1.57 bits per heavy atom. The van der Waals surface area contributed by atoms with E-state index >= 15 is 0 Å². The summed E-state index contributed by atoms with van der Waals surface area (Å²) in [5.74, 6) is 0. The molecule has 2 rings (SSSR count). The van der Waals surface area contributed by atoms with E-state index in [0.29, 0.717) is 6.61 Å². The second kappa shape index (κ2) is 16.1. The summed E-state index contributed by atoms with van der Waals surface area (Å²) in [7, 11) is -2.48. The summed E-state index contributed by atoms with van der Waals surface area (Å²) in [5, 5.41) is 2.72. The van der Waals surface area contributed by atoms with Crippen molar-refractivity contribution < 1.29 is 4.43 Å². The van der Waals surface area contributed by atoms with E-state index in [4.69, 9.17) is 4.43 Å². The van der Waals surface area contributed by atoms with Crippen LogP contribution >= 0.6 is 0 Å². The van der Waals surface area contributed by atoms with Gasteiger partial charge in [-0.15, -0.1) is 0 Å². The first-order valence-corrected chi connectivity index (χ1v) is 24.5. The number of hydrogen-bond acceptors (Lipinski definition) is 1. The van der Waals surface area contributed by atoms with Gasteiger partial charge in [-0.2, -0.15) is 0 Å². The Labute approximate surface area is 234 Å². The summed E-state index contributed by atoms with van der Waals surface area (Å²) < 4.78 is 14.5. The van der Waals surface area contributed by atoms with Gasteiger partial charge in [-0.3, -0.25) is 0 Å². The molecule has 3 heteroatoms. The molecular formula is C34H54OSiSn. The molecular weight excluding hydrogens is 571 g/mol. The third-order valence-corrected chi connectivity index (χ3v) is 27.0. The van der Waals surface area contributed by atoms with Gasteiger partial charge in [-0.1, -0.05) is 0 Å². The summed E-state index contributed by atoms with van der Waals surface area (Å²) in [6, 6.07) is 22.0. The molecule has 0 aliphatic carbocycles. The van der Waals surface area contributed by atoms with Crippen molar-refractivity contribution in [3.05, 3.63) is 82.5 Å². The molecule has 0 spiro atoms. The second-order valence-electron chi connectivity index (χ2n) is 11.9. The summed E-state index contributed by atoms with van der Waals surface area (Å²) in [5.41, 5.74) is 1.36. The number of hydrogen-bond donors (Lipinski definition) is 0. The Morgan fingerprint density at radius 1 is 0.757 bits per heavy atom. The molecule has 0 aromatic heterocycles. The fraction of sp³-hybridized carbons (Fsp3) is 0.529. The molecule has 2 aromatic carbocycles. The van der Waals surface area contributed by atoms with Crippen molar-refractivity contribution in [3.63, 3.8) is 0 Å². The molecule has 0 fully saturated rings. The molecule has 1 nitrogen and oxygen atoms in total. The molecule has 0 saturated heterocycles. The van der Waals surface area contributed by atoms with Gasteiger partial charge in [0.25, 0.3) is 0 Å². The maximum atomic E-state index is 7.11. The van der Waals surface area contributed by atoms with Crippen molar-refractivity contribution in [1.82, 2.24) is 0 Å². The molecule has 2 aromatic rings. The van der Waals surface area contributed by atoms with Crippen LogP contribution in [0.5, 0.6) is 0 Å². The Kier molecular flexibility index (Phi) is 14.0. The number of rotatable bonds is 16. The summed E-state index contributed by atoms with van der Waals surface area (Å²) in [6.07, 6.45) is 13.0. The molecule has 0 N–H and O–H groups in total. The number of benzene rings is 2. The molecule has 0 radical (unpaired) electrons. The van der Waals surface area contributed by atoms with E-state index < -0.39 is 26.7 Å². The van der Waals surface area contributed by atoms with Crippen LogP contribution in [0.15, 0.2) is 82.5 Å². The van der Waals surface area contributed by atoms with Crippen LogP contribution in [0.2, 0.25) is 18.3 Å². The van der Waals surface area contributed by atoms with E-state index in [2.05, 4.69) is 125 Å². The zero-order valence-corrected chi connectivity index (χ0v) is 28.8. The third kappa shape index (κ3) is 9.25. The molecule has 0 amide bonds. The van der Waals surface area contributed by atoms with Crippen molar-refractivity contribution in [2.45, 2.75) is 105 Å². The van der Waals surface area contributed by atoms with Crippen molar-refractivity contribution in [2.75, 3.05) is 6.61 Å². The average molecular weight is 626 g/mol. The van der Waals surface area contributed by atoms with E-state index in [1.165, 1.54) is 67.8 Å². The fourth-order valence-electron chi connectivity index (χ4n) is 5.65. The Bertz CT molecular complexity index is 882. The van der Waals surface area contributed by atoms with E-state index in [-0.39, 0.29) is 5.04 Å². The van der Waals surface area contributed by atoms with E-state index in [0.717, 1.165) is 0 Å². The summed E-state index contributed by atoms with van der Waals surface area (Å²) >= 11 is -2.27. The molecule has 0 bridgehead atoms. The Balaban J connectivity index is 2.35. The van der Waals surface area contributed by atoms with Crippen molar-refractivity contribution in [3.8, 4) is 0 Å². The zero-order chi connectivity index (χ0) is 27.2. The van der Waals surface area contributed by atoms with Crippen LogP contribution < -0.4 is 10.4 Å². The SMILES string of the molecule is CCC[CH2][Sn](/[CH]=C\C(C)=C\CO[Si](c1ccccc1)(c1ccccc1)C(C)(C)C)([CH2]CCC)[CH2]CCC. The van der Waals surface area contributed by atoms with Gasteiger partial charge in [0.2, 0.25) is 0 Å². The second-order valence-corrected chi connectivity index (χ2v) is 29.2. The minimum atomic E-state index is -2.48. The van der Waals surface area contributed by atoms with Gasteiger partial charge in [0, 0.05) is 0 Å². The van der Waals surface area contributed by atoms with E-state index in [1.807, 2.05) is 0 Å². The van der Waals surface area contributed by atoms with Gasteiger partial charge in [-0.25, -0.2) is 0 Å². The van der Waals surface area contributed by atoms with Crippen molar-refractivity contribution in [1.29, 1.82) is 0 Å². The monoisotopic (exact) mass is 626 g/mol. The van der Waals surface area contributed by atoms with Gasteiger partial charge >= 0.3 is 236 Å². The van der Waals surface area contributed by atoms with Crippen LogP contribution in [0.1, 0.15) is 87.0 Å². The van der Waals surface area contributed by atoms with Gasteiger partial charge < -0.3 is 0 Å². The van der Waals surface area contributed by atoms with Crippen LogP contribution in [0.25, 0.3) is 0 Å². The zero-order valence-electron chi connectivity index (χ0n) is 25.0. The fourth-order valence-corrected chi connectivity index (χ4v) is 24.5. The molecule has 0 aliphatic heterocycles. The van der Waals surface area contributed by atoms with Crippen molar-refractivity contribution in [2.24, 2.45) is 0 Å². The summed E-state index contributed by atoms with van der Waals surface area (Å²) in [6.45, 7) is 17.1. The van der Waals surface area contributed by atoms with Crippen LogP contribution in [0.4, 0.5) is 0 Å². The van der Waals surface area contributed by atoms with Gasteiger partial charge in [-0.05, 0) is 0 Å². The number of unbranched alkanes of at least 4 members (excludes halogenated alkanes) is 3. The quantitative estimate of drug-likeness (QED) is 0.133. The molecule has 0 atom stereocenters. The van der Waals surface area contributed by atoms with E-state index in [1.54, 1.807) is 0 Å². The predicted molar refractivity (Wildman–Crippen MR) is 171 cm³/mol. The average Bonchev–Trinajstić information content (AvgIpc) is 2.90. The topological polar surface area (TPSA) is 9.23 Å². The summed E-state index contributed by atoms with van der Waals surface area (Å²) in [4.78, 5) is 0. The predicted octanol–water partition coefficient (Wildman–Crippen LogP) is 9.45. The van der Waals surface area contributed by atoms with E-state index in [9.17, 15) is 0 Å². The molecule has 0 heterocycles. The van der Waals surface area contributed by atoms with Gasteiger partial charge in [0.05, 0.1) is 0 Å². The molecule has 204 valence electrons. The van der Waals surface area contributed by atoms with Crippen molar-refractivity contribution >= 4 is 37.1 Å². The Hall–Kier alpha value is -1.10. The molecule has 0 aliphatic rings. The standard InChI is InChI=1S/C22H27OSi.3C4H9.Sn/c1-6-19(2)17-18-23-24(22(3,4)5,20-13-9-7-10-14-20)21-15-11-8-12-16-21;3*1-3-4-2;/h1,6-17H,18H2,2-5H3;3*1,3-4H2,2H3;/b6-1?,19-17+;;;;. The Morgan fingerprint density at radius 2 is 1.19 bits per heavy atom. The number of allylic oxidation sites excluding steroid dienone is 2. The maximum absolute atomic E-state index is 7.11. The first kappa shape index (κ1) is 32.1. The van der Waals surface area contributed by atoms with Gasteiger partial charge in [0.15, 0.2) is 0 Å². The van der Waals surface area contributed by atoms with Crippen LogP contribution in [-0.4, -0.2) is 33.3 Å². The van der Waals surface area contributed by atoms with Crippen LogP contribution in [0, 0.1) is 0 Å². The van der Waals surface area contributed by atoms with Gasteiger partial charge in [0.1, 0.15) is 0 Å². The molecule has 0 unspecified atom stereocenters.